The van der Waals surface area contributed by atoms with Gasteiger partial charge in [-0.25, -0.2) is 4.79 Å². The highest BCUT2D eigenvalue weighted by molar-refractivity contribution is 5.95. The molecule has 14 nitrogen and oxygen atoms in total. The number of nitrogens with zero attached hydrogens (tertiary/aromatic N) is 1. The third-order valence-corrected chi connectivity index (χ3v) is 4.88. The van der Waals surface area contributed by atoms with Crippen molar-refractivity contribution in [3.63, 3.8) is 0 Å². The summed E-state index contributed by atoms with van der Waals surface area (Å²) in [5.41, 5.74) is 5.73. The summed E-state index contributed by atoms with van der Waals surface area (Å²) in [6.45, 7) is 1.35. The minimum absolute atomic E-state index is 0.127. The number of hydrogen-bond acceptors (Lipinski definition) is 8. The number of nitrogens with two attached hydrogens (primary N) is 1. The third kappa shape index (κ3) is 7.77. The predicted octanol–water partition coefficient (Wildman–Crippen LogP) is -2.92. The number of aliphatic hydroxyl groups is 1. The summed E-state index contributed by atoms with van der Waals surface area (Å²) < 4.78 is 0. The summed E-state index contributed by atoms with van der Waals surface area (Å²) in [6, 6.07) is -5.56. The molecule has 0 radical (unpaired) electrons. The van der Waals surface area contributed by atoms with E-state index in [2.05, 4.69) is 5.32 Å². The minimum Gasteiger partial charge on any atom is -0.481 e. The molecule has 0 aromatic carbocycles. The van der Waals surface area contributed by atoms with Crippen LogP contribution in [-0.4, -0.2) is 97.8 Å². The minimum atomic E-state index is -1.78. The van der Waals surface area contributed by atoms with Crippen molar-refractivity contribution in [2.24, 2.45) is 5.73 Å². The van der Waals surface area contributed by atoms with Crippen molar-refractivity contribution in [2.45, 2.75) is 69.3 Å². The van der Waals surface area contributed by atoms with Gasteiger partial charge in [0.05, 0.1) is 18.6 Å². The van der Waals surface area contributed by atoms with Gasteiger partial charge in [0.15, 0.2) is 0 Å². The molecule has 1 heterocycles. The number of amides is 3. The summed E-state index contributed by atoms with van der Waals surface area (Å²) in [6.07, 6.45) is -2.17. The molecule has 0 aromatic heterocycles. The van der Waals surface area contributed by atoms with E-state index < -0.39 is 72.3 Å². The summed E-state index contributed by atoms with van der Waals surface area (Å²) in [4.78, 5) is 71.4. The quantitative estimate of drug-likeness (QED) is 0.156. The molecule has 0 aromatic rings. The maximum atomic E-state index is 12.7. The van der Waals surface area contributed by atoms with Gasteiger partial charge < -0.3 is 41.7 Å². The van der Waals surface area contributed by atoms with E-state index in [1.807, 2.05) is 5.32 Å². The van der Waals surface area contributed by atoms with Crippen molar-refractivity contribution in [3.05, 3.63) is 0 Å². The summed E-state index contributed by atoms with van der Waals surface area (Å²) in [5.74, 6) is -6.76. The van der Waals surface area contributed by atoms with Crippen molar-refractivity contribution in [2.75, 3.05) is 6.54 Å². The monoisotopic (exact) mass is 460 g/mol. The number of likely N-dealkylation sites (tertiary alicyclic amines) is 1. The molecule has 0 aliphatic carbocycles. The smallest absolute Gasteiger partial charge is 0.326 e. The predicted molar refractivity (Wildman–Crippen MR) is 105 cm³/mol. The zero-order valence-corrected chi connectivity index (χ0v) is 17.4. The van der Waals surface area contributed by atoms with Gasteiger partial charge in [-0.2, -0.15) is 0 Å². The molecule has 1 fully saturated rings. The number of carbonyl (C=O) groups is 6. The Labute approximate surface area is 182 Å². The van der Waals surface area contributed by atoms with E-state index in [0.29, 0.717) is 6.42 Å². The number of nitrogens with one attached hydrogen (secondary N) is 2. The van der Waals surface area contributed by atoms with Crippen LogP contribution in [0.2, 0.25) is 0 Å². The van der Waals surface area contributed by atoms with Crippen molar-refractivity contribution in [1.82, 2.24) is 15.5 Å². The van der Waals surface area contributed by atoms with Crippen LogP contribution in [0.4, 0.5) is 0 Å². The van der Waals surface area contributed by atoms with E-state index in [9.17, 15) is 33.9 Å². The van der Waals surface area contributed by atoms with Crippen LogP contribution in [0.1, 0.15) is 39.0 Å². The molecule has 0 spiro atoms. The fraction of sp³-hybridized carbons (Fsp3) is 0.667. The number of aliphatic carboxylic acids is 3. The molecule has 1 aliphatic rings. The van der Waals surface area contributed by atoms with Crippen LogP contribution < -0.4 is 16.4 Å². The Kier molecular flexibility index (Phi) is 10.00. The molecule has 1 rings (SSSR count). The van der Waals surface area contributed by atoms with Crippen molar-refractivity contribution < 1.29 is 49.2 Å². The van der Waals surface area contributed by atoms with Gasteiger partial charge >= 0.3 is 17.9 Å². The molecule has 3 amide bonds. The Hall–Kier alpha value is -3.26. The van der Waals surface area contributed by atoms with E-state index in [4.69, 9.17) is 21.1 Å². The molecular weight excluding hydrogens is 432 g/mol. The maximum absolute atomic E-state index is 12.7. The molecule has 1 aliphatic heterocycles. The Morgan fingerprint density at radius 1 is 1.06 bits per heavy atom. The van der Waals surface area contributed by atoms with Crippen molar-refractivity contribution >= 4 is 35.6 Å². The van der Waals surface area contributed by atoms with Crippen LogP contribution in [0.25, 0.3) is 0 Å². The molecular formula is C18H28N4O10. The van der Waals surface area contributed by atoms with Crippen LogP contribution in [0.15, 0.2) is 0 Å². The highest BCUT2D eigenvalue weighted by atomic mass is 16.4. The molecule has 5 atom stereocenters. The average molecular weight is 460 g/mol. The second-order valence-corrected chi connectivity index (χ2v) is 7.45. The number of carboxylic acid groups (broad SMARTS) is 3. The lowest BCUT2D eigenvalue weighted by Crippen LogP contribution is -2.59. The average Bonchev–Trinajstić information content (AvgIpc) is 3.17. The van der Waals surface area contributed by atoms with E-state index >= 15 is 0 Å². The standard InChI is InChI=1S/C18H28N4O10/c1-8(23)14(16(29)20-10(18(31)32)7-13(26)27)21-15(28)11-3-2-6-22(11)17(30)9(19)4-5-12(24)25/h8-11,14,23H,2-7,19H2,1H3,(H,20,29)(H,21,28)(H,24,25)(H,26,27)(H,31,32). The van der Waals surface area contributed by atoms with E-state index in [0.717, 1.165) is 6.92 Å². The lowest BCUT2D eigenvalue weighted by Gasteiger charge is -2.29. The van der Waals surface area contributed by atoms with Crippen LogP contribution in [0.5, 0.6) is 0 Å². The number of hydrogen-bond donors (Lipinski definition) is 7. The highest BCUT2D eigenvalue weighted by Gasteiger charge is 2.39. The Balaban J connectivity index is 2.86. The van der Waals surface area contributed by atoms with Gasteiger partial charge in [0.2, 0.25) is 17.7 Å². The van der Waals surface area contributed by atoms with Gasteiger partial charge in [-0.05, 0) is 26.2 Å². The first-order valence-corrected chi connectivity index (χ1v) is 9.86. The lowest BCUT2D eigenvalue weighted by atomic mass is 10.1. The van der Waals surface area contributed by atoms with Gasteiger partial charge in [0.25, 0.3) is 0 Å². The molecule has 32 heavy (non-hydrogen) atoms. The number of carbonyl (C=O) groups excluding carboxylic acids is 3. The first-order chi connectivity index (χ1) is 14.8. The van der Waals surface area contributed by atoms with Crippen LogP contribution >= 0.6 is 0 Å². The molecule has 8 N–H and O–H groups in total. The lowest BCUT2D eigenvalue weighted by molar-refractivity contribution is -0.148. The van der Waals surface area contributed by atoms with Crippen molar-refractivity contribution in [3.8, 4) is 0 Å². The number of rotatable bonds is 12. The molecule has 0 saturated carbocycles. The SMILES string of the molecule is CC(O)C(NC(=O)C1CCCN1C(=O)C(N)CCC(=O)O)C(=O)NC(CC(=O)O)C(=O)O. The fourth-order valence-electron chi connectivity index (χ4n) is 3.21. The second-order valence-electron chi connectivity index (χ2n) is 7.45. The Bertz CT molecular complexity index is 756. The maximum Gasteiger partial charge on any atom is 0.326 e. The summed E-state index contributed by atoms with van der Waals surface area (Å²) in [7, 11) is 0. The van der Waals surface area contributed by atoms with Gasteiger partial charge in [-0.15, -0.1) is 0 Å². The van der Waals surface area contributed by atoms with Gasteiger partial charge in [0, 0.05) is 13.0 Å². The Morgan fingerprint density at radius 3 is 2.19 bits per heavy atom. The van der Waals surface area contributed by atoms with E-state index in [-0.39, 0.29) is 25.8 Å². The van der Waals surface area contributed by atoms with Crippen LogP contribution in [0, 0.1) is 0 Å². The first kappa shape index (κ1) is 26.8. The molecule has 14 heteroatoms. The van der Waals surface area contributed by atoms with Crippen LogP contribution in [-0.2, 0) is 28.8 Å². The zero-order chi connectivity index (χ0) is 24.6. The third-order valence-electron chi connectivity index (χ3n) is 4.88. The zero-order valence-electron chi connectivity index (χ0n) is 17.4. The van der Waals surface area contributed by atoms with Crippen LogP contribution in [0.3, 0.4) is 0 Å². The normalized spacial score (nSPS) is 19.3. The summed E-state index contributed by atoms with van der Waals surface area (Å²) >= 11 is 0. The van der Waals surface area contributed by atoms with E-state index in [1.165, 1.54) is 4.90 Å². The van der Waals surface area contributed by atoms with E-state index in [1.54, 1.807) is 0 Å². The summed E-state index contributed by atoms with van der Waals surface area (Å²) in [5, 5.41) is 40.6. The molecule has 0 bridgehead atoms. The topological polar surface area (TPSA) is 237 Å². The molecule has 180 valence electrons. The van der Waals surface area contributed by atoms with Gasteiger partial charge in [0.1, 0.15) is 18.1 Å². The second kappa shape index (κ2) is 12.0. The molecule has 1 saturated heterocycles. The largest absolute Gasteiger partial charge is 0.481 e. The number of carboxylic acids is 3. The van der Waals surface area contributed by atoms with Crippen molar-refractivity contribution in [1.29, 1.82) is 0 Å². The fourth-order valence-corrected chi connectivity index (χ4v) is 3.21. The molecule has 5 unspecified atom stereocenters. The number of aliphatic hydroxyl groups excluding tert-OH is 1. The Morgan fingerprint density at radius 2 is 1.69 bits per heavy atom. The van der Waals surface area contributed by atoms with Gasteiger partial charge in [-0.3, -0.25) is 24.0 Å². The highest BCUT2D eigenvalue weighted by Crippen LogP contribution is 2.19. The first-order valence-electron chi connectivity index (χ1n) is 9.86. The van der Waals surface area contributed by atoms with Gasteiger partial charge in [-0.1, -0.05) is 0 Å².